The van der Waals surface area contributed by atoms with Crippen LogP contribution < -0.4 is 0 Å². The van der Waals surface area contributed by atoms with Gasteiger partial charge in [0.15, 0.2) is 0 Å². The molecule has 3 aromatic rings. The Hall–Kier alpha value is -3.02. The molecule has 0 fully saturated rings. The highest BCUT2D eigenvalue weighted by molar-refractivity contribution is 5.63. The van der Waals surface area contributed by atoms with E-state index in [1.165, 1.54) is 28.8 Å². The fraction of sp³-hybridized carbons (Fsp3) is 0.300. The molecule has 6 nitrogen and oxygen atoms in total. The highest BCUT2D eigenvalue weighted by atomic mass is 16.6. The number of aromatic nitrogens is 3. The van der Waals surface area contributed by atoms with Crippen molar-refractivity contribution in [3.8, 4) is 16.9 Å². The quantitative estimate of drug-likeness (QED) is 0.483. The zero-order valence-corrected chi connectivity index (χ0v) is 15.3. The van der Waals surface area contributed by atoms with Crippen LogP contribution in [0.1, 0.15) is 37.5 Å². The molecule has 0 saturated heterocycles. The first-order valence-electron chi connectivity index (χ1n) is 8.89. The van der Waals surface area contributed by atoms with Gasteiger partial charge in [0.2, 0.25) is 0 Å². The van der Waals surface area contributed by atoms with Gasteiger partial charge in [0, 0.05) is 17.7 Å². The molecule has 1 heterocycles. The molecule has 1 aromatic heterocycles. The van der Waals surface area contributed by atoms with Crippen LogP contribution in [0.5, 0.6) is 0 Å². The SMILES string of the molecule is CCc1cc(-n2nncc2-c2ccc([N+](=O)[O-])cc2)cc(CC)c1CC. The predicted molar refractivity (Wildman–Crippen MR) is 102 cm³/mol. The Labute approximate surface area is 152 Å². The average molecular weight is 350 g/mol. The summed E-state index contributed by atoms with van der Waals surface area (Å²) in [6.45, 7) is 6.51. The van der Waals surface area contributed by atoms with Gasteiger partial charge in [-0.05, 0) is 60.2 Å². The van der Waals surface area contributed by atoms with Crippen molar-refractivity contribution in [2.75, 3.05) is 0 Å². The molecule has 0 radical (unpaired) electrons. The highest BCUT2D eigenvalue weighted by Crippen LogP contribution is 2.27. The van der Waals surface area contributed by atoms with Crippen LogP contribution in [0, 0.1) is 10.1 Å². The number of nitro groups is 1. The fourth-order valence-corrected chi connectivity index (χ4v) is 3.36. The second-order valence-corrected chi connectivity index (χ2v) is 6.14. The molecule has 0 aliphatic heterocycles. The van der Waals surface area contributed by atoms with Gasteiger partial charge in [0.1, 0.15) is 0 Å². The molecule has 0 N–H and O–H groups in total. The van der Waals surface area contributed by atoms with Crippen LogP contribution in [0.15, 0.2) is 42.6 Å². The number of aryl methyl sites for hydroxylation is 2. The van der Waals surface area contributed by atoms with Gasteiger partial charge in [-0.2, -0.15) is 0 Å². The standard InChI is InChI=1S/C20H22N4O2/c1-4-14-11-18(12-15(5-2)19(14)6-3)23-20(13-21-22-23)16-7-9-17(10-8-16)24(25)26/h7-13H,4-6H2,1-3H3. The Morgan fingerprint density at radius 2 is 1.62 bits per heavy atom. The number of benzene rings is 2. The first kappa shape index (κ1) is 17.8. The maximum atomic E-state index is 10.9. The zero-order chi connectivity index (χ0) is 18.7. The number of hydrogen-bond donors (Lipinski definition) is 0. The minimum atomic E-state index is -0.399. The molecular formula is C20H22N4O2. The molecular weight excluding hydrogens is 328 g/mol. The minimum Gasteiger partial charge on any atom is -0.258 e. The van der Waals surface area contributed by atoms with Crippen LogP contribution in [0.25, 0.3) is 16.9 Å². The van der Waals surface area contributed by atoms with Crippen LogP contribution in [-0.4, -0.2) is 19.9 Å². The van der Waals surface area contributed by atoms with E-state index in [2.05, 4.69) is 43.2 Å². The maximum Gasteiger partial charge on any atom is 0.269 e. The zero-order valence-electron chi connectivity index (χ0n) is 15.3. The molecule has 2 aromatic carbocycles. The Morgan fingerprint density at radius 3 is 2.12 bits per heavy atom. The van der Waals surface area contributed by atoms with E-state index < -0.39 is 4.92 Å². The van der Waals surface area contributed by atoms with Gasteiger partial charge in [-0.15, -0.1) is 5.10 Å². The van der Waals surface area contributed by atoms with Gasteiger partial charge in [-0.1, -0.05) is 26.0 Å². The van der Waals surface area contributed by atoms with E-state index in [9.17, 15) is 10.1 Å². The van der Waals surface area contributed by atoms with Gasteiger partial charge in [-0.3, -0.25) is 10.1 Å². The van der Waals surface area contributed by atoms with Crippen LogP contribution in [0.2, 0.25) is 0 Å². The van der Waals surface area contributed by atoms with Crippen molar-refractivity contribution in [3.63, 3.8) is 0 Å². The van der Waals surface area contributed by atoms with Crippen molar-refractivity contribution in [3.05, 3.63) is 69.4 Å². The number of rotatable bonds is 6. The van der Waals surface area contributed by atoms with Crippen molar-refractivity contribution in [2.24, 2.45) is 0 Å². The summed E-state index contributed by atoms with van der Waals surface area (Å²) in [6, 6.07) is 10.8. The van der Waals surface area contributed by atoms with Gasteiger partial charge in [0.25, 0.3) is 5.69 Å². The third-order valence-electron chi connectivity index (χ3n) is 4.70. The molecule has 26 heavy (non-hydrogen) atoms. The number of hydrogen-bond acceptors (Lipinski definition) is 4. The lowest BCUT2D eigenvalue weighted by Gasteiger charge is -2.15. The van der Waals surface area contributed by atoms with Crippen molar-refractivity contribution in [2.45, 2.75) is 40.0 Å². The van der Waals surface area contributed by atoms with Crippen LogP contribution in [0.4, 0.5) is 5.69 Å². The molecule has 134 valence electrons. The first-order chi connectivity index (χ1) is 12.6. The van der Waals surface area contributed by atoms with Gasteiger partial charge in [0.05, 0.1) is 22.5 Å². The second-order valence-electron chi connectivity index (χ2n) is 6.14. The van der Waals surface area contributed by atoms with Crippen LogP contribution >= 0.6 is 0 Å². The van der Waals surface area contributed by atoms with E-state index in [1.807, 2.05) is 0 Å². The van der Waals surface area contributed by atoms with Crippen molar-refractivity contribution in [1.29, 1.82) is 0 Å². The third-order valence-corrected chi connectivity index (χ3v) is 4.70. The number of nitrogens with zero attached hydrogens (tertiary/aromatic N) is 4. The minimum absolute atomic E-state index is 0.0709. The summed E-state index contributed by atoms with van der Waals surface area (Å²) in [6.07, 6.45) is 4.63. The number of nitro benzene ring substituents is 1. The smallest absolute Gasteiger partial charge is 0.258 e. The summed E-state index contributed by atoms with van der Waals surface area (Å²) >= 11 is 0. The lowest BCUT2D eigenvalue weighted by atomic mass is 9.94. The topological polar surface area (TPSA) is 73.8 Å². The van der Waals surface area contributed by atoms with E-state index in [0.29, 0.717) is 0 Å². The summed E-state index contributed by atoms with van der Waals surface area (Å²) in [4.78, 5) is 10.5. The first-order valence-corrected chi connectivity index (χ1v) is 8.89. The second kappa shape index (κ2) is 7.47. The monoisotopic (exact) mass is 350 g/mol. The summed E-state index contributed by atoms with van der Waals surface area (Å²) in [5.74, 6) is 0. The van der Waals surface area contributed by atoms with E-state index in [1.54, 1.807) is 23.0 Å². The molecule has 0 atom stereocenters. The van der Waals surface area contributed by atoms with E-state index >= 15 is 0 Å². The average Bonchev–Trinajstić information content (AvgIpc) is 3.16. The molecule has 0 spiro atoms. The highest BCUT2D eigenvalue weighted by Gasteiger charge is 2.14. The Morgan fingerprint density at radius 1 is 1.00 bits per heavy atom. The predicted octanol–water partition coefficient (Wildman–Crippen LogP) is 4.53. The third kappa shape index (κ3) is 3.22. The van der Waals surface area contributed by atoms with E-state index in [0.717, 1.165) is 36.2 Å². The lowest BCUT2D eigenvalue weighted by Crippen LogP contribution is -2.05. The van der Waals surface area contributed by atoms with Crippen molar-refractivity contribution >= 4 is 5.69 Å². The van der Waals surface area contributed by atoms with Crippen molar-refractivity contribution in [1.82, 2.24) is 15.0 Å². The lowest BCUT2D eigenvalue weighted by molar-refractivity contribution is -0.384. The fourth-order valence-electron chi connectivity index (χ4n) is 3.36. The largest absolute Gasteiger partial charge is 0.269 e. The molecule has 0 bridgehead atoms. The summed E-state index contributed by atoms with van der Waals surface area (Å²) < 4.78 is 1.80. The normalized spacial score (nSPS) is 10.9. The molecule has 0 amide bonds. The molecule has 6 heteroatoms. The molecule has 0 aliphatic carbocycles. The van der Waals surface area contributed by atoms with Gasteiger partial charge in [-0.25, -0.2) is 4.68 Å². The Kier molecular flexibility index (Phi) is 5.11. The molecule has 3 rings (SSSR count). The van der Waals surface area contributed by atoms with Crippen LogP contribution in [0.3, 0.4) is 0 Å². The number of non-ortho nitro benzene ring substituents is 1. The van der Waals surface area contributed by atoms with Gasteiger partial charge >= 0.3 is 0 Å². The molecule has 0 aliphatic rings. The molecule has 0 saturated carbocycles. The maximum absolute atomic E-state index is 10.9. The summed E-state index contributed by atoms with van der Waals surface area (Å²) in [7, 11) is 0. The van der Waals surface area contributed by atoms with Crippen LogP contribution in [-0.2, 0) is 19.3 Å². The van der Waals surface area contributed by atoms with E-state index in [4.69, 9.17) is 0 Å². The summed E-state index contributed by atoms with van der Waals surface area (Å²) in [5.41, 5.74) is 6.77. The molecule has 0 unspecified atom stereocenters. The Bertz CT molecular complexity index is 904. The Balaban J connectivity index is 2.09. The van der Waals surface area contributed by atoms with Gasteiger partial charge < -0.3 is 0 Å². The van der Waals surface area contributed by atoms with Crippen molar-refractivity contribution < 1.29 is 4.92 Å². The van der Waals surface area contributed by atoms with E-state index in [-0.39, 0.29) is 5.69 Å². The summed E-state index contributed by atoms with van der Waals surface area (Å²) in [5, 5.41) is 19.2.